The van der Waals surface area contributed by atoms with Crippen LogP contribution in [0.3, 0.4) is 0 Å². The molecule has 5 heteroatoms. The molecule has 1 aromatic carbocycles. The van der Waals surface area contributed by atoms with Crippen LogP contribution < -0.4 is 5.32 Å². The summed E-state index contributed by atoms with van der Waals surface area (Å²) in [6, 6.07) is 7.67. The van der Waals surface area contributed by atoms with Crippen LogP contribution in [0.15, 0.2) is 24.3 Å². The Morgan fingerprint density at radius 1 is 1.43 bits per heavy atom. The molecule has 2 unspecified atom stereocenters. The van der Waals surface area contributed by atoms with Crippen molar-refractivity contribution in [2.24, 2.45) is 5.92 Å². The number of hydrogen-bond donors (Lipinski definition) is 1. The van der Waals surface area contributed by atoms with Gasteiger partial charge in [0.25, 0.3) is 0 Å². The van der Waals surface area contributed by atoms with Crippen LogP contribution >= 0.6 is 11.6 Å². The second kappa shape index (κ2) is 5.95. The van der Waals surface area contributed by atoms with E-state index in [1.807, 2.05) is 29.2 Å². The standard InChI is InChI=1S/C16H21ClN2O2/c1-16(13-6-7-18-8-13)11-19(15(20)10-21-16)9-12-2-4-14(17)5-3-12/h2-5,13,18H,6-11H2,1H3. The molecule has 2 aliphatic rings. The second-order valence-electron chi connectivity index (χ2n) is 6.17. The number of morpholine rings is 1. The van der Waals surface area contributed by atoms with E-state index in [4.69, 9.17) is 16.3 Å². The number of halogens is 1. The second-order valence-corrected chi connectivity index (χ2v) is 6.60. The maximum Gasteiger partial charge on any atom is 0.248 e. The summed E-state index contributed by atoms with van der Waals surface area (Å²) >= 11 is 5.91. The van der Waals surface area contributed by atoms with Crippen molar-refractivity contribution in [3.63, 3.8) is 0 Å². The normalized spacial score (nSPS) is 29.9. The molecule has 0 saturated carbocycles. The molecule has 1 aromatic rings. The number of rotatable bonds is 3. The summed E-state index contributed by atoms with van der Waals surface area (Å²) in [5, 5.41) is 4.10. The zero-order valence-electron chi connectivity index (χ0n) is 12.3. The monoisotopic (exact) mass is 308 g/mol. The van der Waals surface area contributed by atoms with Crippen molar-refractivity contribution in [2.45, 2.75) is 25.5 Å². The molecule has 2 aliphatic heterocycles. The van der Waals surface area contributed by atoms with Crippen LogP contribution in [0.25, 0.3) is 0 Å². The van der Waals surface area contributed by atoms with Gasteiger partial charge in [-0.2, -0.15) is 0 Å². The first-order valence-electron chi connectivity index (χ1n) is 7.44. The van der Waals surface area contributed by atoms with Gasteiger partial charge in [0.05, 0.1) is 12.1 Å². The van der Waals surface area contributed by atoms with Crippen molar-refractivity contribution in [1.29, 1.82) is 0 Å². The van der Waals surface area contributed by atoms with Crippen molar-refractivity contribution in [3.05, 3.63) is 34.9 Å². The van der Waals surface area contributed by atoms with Gasteiger partial charge in [-0.15, -0.1) is 0 Å². The quantitative estimate of drug-likeness (QED) is 0.929. The molecule has 2 saturated heterocycles. The molecule has 0 radical (unpaired) electrons. The fourth-order valence-corrected chi connectivity index (χ4v) is 3.33. The van der Waals surface area contributed by atoms with Crippen LogP contribution in [-0.4, -0.2) is 42.6 Å². The lowest BCUT2D eigenvalue weighted by atomic mass is 9.86. The van der Waals surface area contributed by atoms with E-state index in [-0.39, 0.29) is 18.1 Å². The number of carbonyl (C=O) groups is 1. The Hall–Kier alpha value is -1.10. The molecular weight excluding hydrogens is 288 g/mol. The van der Waals surface area contributed by atoms with E-state index in [2.05, 4.69) is 12.2 Å². The Bertz CT molecular complexity index is 514. The zero-order chi connectivity index (χ0) is 14.9. The molecule has 0 aliphatic carbocycles. The van der Waals surface area contributed by atoms with E-state index < -0.39 is 0 Å². The van der Waals surface area contributed by atoms with Gasteiger partial charge in [0.2, 0.25) is 5.91 Å². The van der Waals surface area contributed by atoms with Crippen LogP contribution in [0.1, 0.15) is 18.9 Å². The minimum absolute atomic E-state index is 0.0633. The van der Waals surface area contributed by atoms with Gasteiger partial charge in [0.1, 0.15) is 6.61 Å². The molecule has 2 atom stereocenters. The third-order valence-electron chi connectivity index (χ3n) is 4.59. The predicted octanol–water partition coefficient (Wildman–Crippen LogP) is 2.07. The lowest BCUT2D eigenvalue weighted by molar-refractivity contribution is -0.169. The van der Waals surface area contributed by atoms with Crippen LogP contribution in [-0.2, 0) is 16.1 Å². The first-order valence-corrected chi connectivity index (χ1v) is 7.81. The topological polar surface area (TPSA) is 41.6 Å². The summed E-state index contributed by atoms with van der Waals surface area (Å²) in [7, 11) is 0. The maximum absolute atomic E-state index is 12.1. The van der Waals surface area contributed by atoms with E-state index in [1.54, 1.807) is 0 Å². The maximum atomic E-state index is 12.1. The first-order chi connectivity index (χ1) is 10.1. The smallest absolute Gasteiger partial charge is 0.248 e. The minimum Gasteiger partial charge on any atom is -0.363 e. The van der Waals surface area contributed by atoms with Crippen molar-refractivity contribution in [2.75, 3.05) is 26.2 Å². The molecule has 114 valence electrons. The van der Waals surface area contributed by atoms with Gasteiger partial charge < -0.3 is 15.0 Å². The van der Waals surface area contributed by atoms with Crippen LogP contribution in [0.2, 0.25) is 5.02 Å². The highest BCUT2D eigenvalue weighted by Gasteiger charge is 2.43. The summed E-state index contributed by atoms with van der Waals surface area (Å²) in [4.78, 5) is 14.0. The van der Waals surface area contributed by atoms with Gasteiger partial charge in [-0.3, -0.25) is 4.79 Å². The summed E-state index contributed by atoms with van der Waals surface area (Å²) in [5.74, 6) is 0.534. The lowest BCUT2D eigenvalue weighted by Gasteiger charge is -2.43. The Kier molecular flexibility index (Phi) is 4.20. The highest BCUT2D eigenvalue weighted by Crippen LogP contribution is 2.31. The Balaban J connectivity index is 1.71. The Morgan fingerprint density at radius 3 is 2.86 bits per heavy atom. The number of nitrogens with one attached hydrogen (secondary N) is 1. The summed E-state index contributed by atoms with van der Waals surface area (Å²) in [6.45, 7) is 5.59. The molecular formula is C16H21ClN2O2. The van der Waals surface area contributed by atoms with Crippen molar-refractivity contribution in [3.8, 4) is 0 Å². The number of ether oxygens (including phenoxy) is 1. The Morgan fingerprint density at radius 2 is 2.19 bits per heavy atom. The lowest BCUT2D eigenvalue weighted by Crippen LogP contribution is -2.56. The number of benzene rings is 1. The van der Waals surface area contributed by atoms with E-state index >= 15 is 0 Å². The van der Waals surface area contributed by atoms with Gasteiger partial charge in [-0.25, -0.2) is 0 Å². The predicted molar refractivity (Wildman–Crippen MR) is 82.2 cm³/mol. The van der Waals surface area contributed by atoms with Crippen LogP contribution in [0.5, 0.6) is 0 Å². The minimum atomic E-state index is -0.246. The third kappa shape index (κ3) is 3.23. The fraction of sp³-hybridized carbons (Fsp3) is 0.562. The van der Waals surface area contributed by atoms with Gasteiger partial charge in [0.15, 0.2) is 0 Å². The summed E-state index contributed by atoms with van der Waals surface area (Å²) < 4.78 is 5.90. The molecule has 21 heavy (non-hydrogen) atoms. The average molecular weight is 309 g/mol. The van der Waals surface area contributed by atoms with E-state index in [0.717, 1.165) is 25.1 Å². The van der Waals surface area contributed by atoms with Crippen LogP contribution in [0.4, 0.5) is 0 Å². The van der Waals surface area contributed by atoms with E-state index in [0.29, 0.717) is 24.0 Å². The van der Waals surface area contributed by atoms with Gasteiger partial charge in [-0.1, -0.05) is 23.7 Å². The highest BCUT2D eigenvalue weighted by atomic mass is 35.5. The SMILES string of the molecule is CC1(C2CCNC2)CN(Cc2ccc(Cl)cc2)C(=O)CO1. The number of carbonyl (C=O) groups excluding carboxylic acids is 1. The van der Waals surface area contributed by atoms with Crippen molar-refractivity contribution in [1.82, 2.24) is 10.2 Å². The Labute approximate surface area is 130 Å². The molecule has 1 amide bonds. The van der Waals surface area contributed by atoms with Crippen molar-refractivity contribution < 1.29 is 9.53 Å². The molecule has 1 N–H and O–H groups in total. The molecule has 0 aromatic heterocycles. The highest BCUT2D eigenvalue weighted by molar-refractivity contribution is 6.30. The molecule has 4 nitrogen and oxygen atoms in total. The first kappa shape index (κ1) is 14.8. The third-order valence-corrected chi connectivity index (χ3v) is 4.85. The van der Waals surface area contributed by atoms with E-state index in [9.17, 15) is 4.79 Å². The number of hydrogen-bond acceptors (Lipinski definition) is 3. The largest absolute Gasteiger partial charge is 0.363 e. The van der Waals surface area contributed by atoms with Gasteiger partial charge >= 0.3 is 0 Å². The number of amides is 1. The average Bonchev–Trinajstić information content (AvgIpc) is 3.01. The van der Waals surface area contributed by atoms with Crippen molar-refractivity contribution >= 4 is 17.5 Å². The molecule has 0 spiro atoms. The molecule has 0 bridgehead atoms. The zero-order valence-corrected chi connectivity index (χ0v) is 13.0. The molecule has 3 rings (SSSR count). The van der Waals surface area contributed by atoms with Gasteiger partial charge in [-0.05, 0) is 37.6 Å². The molecule has 2 fully saturated rings. The summed E-state index contributed by atoms with van der Waals surface area (Å²) in [5.41, 5.74) is 0.852. The fourth-order valence-electron chi connectivity index (χ4n) is 3.21. The van der Waals surface area contributed by atoms with E-state index in [1.165, 1.54) is 0 Å². The number of nitrogens with zero attached hydrogens (tertiary/aromatic N) is 1. The van der Waals surface area contributed by atoms with Gasteiger partial charge in [0, 0.05) is 24.0 Å². The molecule has 2 heterocycles. The van der Waals surface area contributed by atoms with Crippen LogP contribution in [0, 0.1) is 5.92 Å². The summed E-state index contributed by atoms with van der Waals surface area (Å²) in [6.07, 6.45) is 1.11.